The lowest BCUT2D eigenvalue weighted by atomic mass is 9.93. The minimum atomic E-state index is 1.02. The van der Waals surface area contributed by atoms with Crippen molar-refractivity contribution in [2.75, 3.05) is 0 Å². The van der Waals surface area contributed by atoms with Crippen LogP contribution in [-0.2, 0) is 0 Å². The van der Waals surface area contributed by atoms with Crippen LogP contribution in [0.2, 0.25) is 0 Å². The van der Waals surface area contributed by atoms with Crippen molar-refractivity contribution < 1.29 is 0 Å². The normalized spacial score (nSPS) is 12.6. The molecule has 0 amide bonds. The van der Waals surface area contributed by atoms with Gasteiger partial charge in [-0.3, -0.25) is 0 Å². The van der Waals surface area contributed by atoms with Crippen LogP contribution in [0.3, 0.4) is 0 Å². The summed E-state index contributed by atoms with van der Waals surface area (Å²) in [7, 11) is 0. The molecule has 0 heteroatoms. The van der Waals surface area contributed by atoms with Gasteiger partial charge in [-0.1, -0.05) is 156 Å². The highest BCUT2D eigenvalue weighted by molar-refractivity contribution is 4.58. The molecule has 1 atom stereocenters. The molecule has 0 nitrogen and oxygen atoms in total. The first-order valence-electron chi connectivity index (χ1n) is 12.3. The van der Waals surface area contributed by atoms with Gasteiger partial charge in [0.2, 0.25) is 0 Å². The molecule has 0 aromatic carbocycles. The summed E-state index contributed by atoms with van der Waals surface area (Å²) < 4.78 is 0. The van der Waals surface area contributed by atoms with Gasteiger partial charge in [-0.25, -0.2) is 0 Å². The zero-order valence-corrected chi connectivity index (χ0v) is 18.4. The molecule has 0 aliphatic carbocycles. The molecule has 0 spiro atoms. The predicted molar refractivity (Wildman–Crippen MR) is 117 cm³/mol. The van der Waals surface area contributed by atoms with Crippen LogP contribution in [0.15, 0.2) is 0 Å². The van der Waals surface area contributed by atoms with Gasteiger partial charge in [-0.15, -0.1) is 0 Å². The first kappa shape index (κ1) is 25.0. The summed E-state index contributed by atoms with van der Waals surface area (Å²) in [6, 6.07) is 0. The van der Waals surface area contributed by atoms with E-state index in [0.29, 0.717) is 0 Å². The largest absolute Gasteiger partial charge is 0.0654 e. The fraction of sp³-hybridized carbons (Fsp3) is 1.00. The first-order valence-corrected chi connectivity index (χ1v) is 12.3. The summed E-state index contributed by atoms with van der Waals surface area (Å²) in [5.74, 6) is 1.02. The van der Waals surface area contributed by atoms with E-state index in [1.807, 2.05) is 0 Å². The Balaban J connectivity index is 3.11. The van der Waals surface area contributed by atoms with E-state index in [-0.39, 0.29) is 0 Å². The molecule has 0 aliphatic heterocycles. The molecule has 0 radical (unpaired) electrons. The van der Waals surface area contributed by atoms with E-state index in [4.69, 9.17) is 0 Å². The third-order valence-electron chi connectivity index (χ3n) is 6.01. The average molecular weight is 353 g/mol. The summed E-state index contributed by atoms with van der Waals surface area (Å²) in [5, 5.41) is 0. The van der Waals surface area contributed by atoms with E-state index in [9.17, 15) is 0 Å². The molecule has 0 bridgehead atoms. The monoisotopic (exact) mass is 352 g/mol. The fourth-order valence-electron chi connectivity index (χ4n) is 4.03. The highest BCUT2D eigenvalue weighted by Crippen LogP contribution is 2.20. The molecular weight excluding hydrogens is 300 g/mol. The zero-order valence-electron chi connectivity index (χ0n) is 18.4. The van der Waals surface area contributed by atoms with Gasteiger partial charge >= 0.3 is 0 Å². The van der Waals surface area contributed by atoms with E-state index in [2.05, 4.69) is 20.8 Å². The van der Waals surface area contributed by atoms with Crippen LogP contribution in [0.4, 0.5) is 0 Å². The Hall–Kier alpha value is 0. The number of hydrogen-bond acceptors (Lipinski definition) is 0. The molecule has 0 heterocycles. The molecular formula is C25H52. The maximum absolute atomic E-state index is 2.38. The maximum Gasteiger partial charge on any atom is -0.0417 e. The lowest BCUT2D eigenvalue weighted by Gasteiger charge is -2.13. The second kappa shape index (κ2) is 22.0. The van der Waals surface area contributed by atoms with Crippen LogP contribution in [0, 0.1) is 5.92 Å². The second-order valence-corrected chi connectivity index (χ2v) is 8.51. The van der Waals surface area contributed by atoms with Gasteiger partial charge in [0.15, 0.2) is 0 Å². The van der Waals surface area contributed by atoms with Crippen LogP contribution in [0.5, 0.6) is 0 Å². The molecule has 1 unspecified atom stereocenters. The number of rotatable bonds is 21. The first-order chi connectivity index (χ1) is 12.3. The van der Waals surface area contributed by atoms with Crippen molar-refractivity contribution in [3.05, 3.63) is 0 Å². The quantitative estimate of drug-likeness (QED) is 0.180. The summed E-state index contributed by atoms with van der Waals surface area (Å²) in [6.45, 7) is 7.00. The Morgan fingerprint density at radius 1 is 0.360 bits per heavy atom. The lowest BCUT2D eigenvalue weighted by molar-refractivity contribution is 0.399. The van der Waals surface area contributed by atoms with Crippen LogP contribution >= 0.6 is 0 Å². The van der Waals surface area contributed by atoms with E-state index >= 15 is 0 Å². The topological polar surface area (TPSA) is 0 Å². The fourth-order valence-corrected chi connectivity index (χ4v) is 4.03. The van der Waals surface area contributed by atoms with Crippen LogP contribution in [-0.4, -0.2) is 0 Å². The highest BCUT2D eigenvalue weighted by atomic mass is 14.1. The number of hydrogen-bond donors (Lipinski definition) is 0. The molecule has 0 saturated carbocycles. The maximum atomic E-state index is 2.38. The summed E-state index contributed by atoms with van der Waals surface area (Å²) in [5.41, 5.74) is 0. The Morgan fingerprint density at radius 3 is 1.04 bits per heavy atom. The van der Waals surface area contributed by atoms with Gasteiger partial charge in [0.1, 0.15) is 0 Å². The SMILES string of the molecule is CCCCCCCCCCCCCCCCCCC(CC)CCCC. The van der Waals surface area contributed by atoms with Gasteiger partial charge in [-0.2, -0.15) is 0 Å². The molecule has 25 heavy (non-hydrogen) atoms. The van der Waals surface area contributed by atoms with Crippen molar-refractivity contribution >= 4 is 0 Å². The van der Waals surface area contributed by atoms with Crippen molar-refractivity contribution in [2.24, 2.45) is 5.92 Å². The molecule has 152 valence electrons. The van der Waals surface area contributed by atoms with Gasteiger partial charge in [0.05, 0.1) is 0 Å². The second-order valence-electron chi connectivity index (χ2n) is 8.51. The summed E-state index contributed by atoms with van der Waals surface area (Å²) in [4.78, 5) is 0. The molecule has 0 aromatic heterocycles. The molecule has 0 saturated heterocycles. The van der Waals surface area contributed by atoms with Crippen molar-refractivity contribution in [1.82, 2.24) is 0 Å². The van der Waals surface area contributed by atoms with Crippen molar-refractivity contribution in [2.45, 2.75) is 156 Å². The van der Waals surface area contributed by atoms with E-state index in [1.54, 1.807) is 0 Å². The van der Waals surface area contributed by atoms with Crippen molar-refractivity contribution in [3.8, 4) is 0 Å². The van der Waals surface area contributed by atoms with E-state index in [0.717, 1.165) is 5.92 Å². The van der Waals surface area contributed by atoms with Gasteiger partial charge in [-0.05, 0) is 5.92 Å². The Kier molecular flexibility index (Phi) is 22.0. The zero-order chi connectivity index (χ0) is 18.4. The molecule has 0 fully saturated rings. The molecule has 0 rings (SSSR count). The number of unbranched alkanes of at least 4 members (excludes halogenated alkanes) is 16. The Morgan fingerprint density at radius 2 is 0.680 bits per heavy atom. The third-order valence-corrected chi connectivity index (χ3v) is 6.01. The Bertz CT molecular complexity index is 220. The predicted octanol–water partition coefficient (Wildman–Crippen LogP) is 9.85. The van der Waals surface area contributed by atoms with Gasteiger partial charge in [0.25, 0.3) is 0 Å². The van der Waals surface area contributed by atoms with Crippen LogP contribution in [0.1, 0.15) is 156 Å². The third kappa shape index (κ3) is 20.2. The lowest BCUT2D eigenvalue weighted by Crippen LogP contribution is -1.98. The van der Waals surface area contributed by atoms with E-state index in [1.165, 1.54) is 135 Å². The molecule has 0 aliphatic rings. The standard InChI is InChI=1S/C25H52/c1-4-7-9-10-11-12-13-14-15-16-17-18-19-20-21-22-24-25(6-3)23-8-5-2/h25H,4-24H2,1-3H3. The summed E-state index contributed by atoms with van der Waals surface area (Å²) >= 11 is 0. The van der Waals surface area contributed by atoms with Crippen molar-refractivity contribution in [3.63, 3.8) is 0 Å². The average Bonchev–Trinajstić information content (AvgIpc) is 2.63. The minimum Gasteiger partial charge on any atom is -0.0654 e. The van der Waals surface area contributed by atoms with E-state index < -0.39 is 0 Å². The molecule has 0 aromatic rings. The minimum absolute atomic E-state index is 1.02. The summed E-state index contributed by atoms with van der Waals surface area (Å²) in [6.07, 6.45) is 30.8. The van der Waals surface area contributed by atoms with Crippen LogP contribution < -0.4 is 0 Å². The smallest absolute Gasteiger partial charge is 0.0417 e. The molecule has 0 N–H and O–H groups in total. The van der Waals surface area contributed by atoms with Gasteiger partial charge < -0.3 is 0 Å². The van der Waals surface area contributed by atoms with Gasteiger partial charge in [0, 0.05) is 0 Å². The Labute approximate surface area is 161 Å². The van der Waals surface area contributed by atoms with Crippen LogP contribution in [0.25, 0.3) is 0 Å². The highest BCUT2D eigenvalue weighted by Gasteiger charge is 2.04. The van der Waals surface area contributed by atoms with Crippen molar-refractivity contribution in [1.29, 1.82) is 0 Å².